The third kappa shape index (κ3) is 4.65. The van der Waals surface area contributed by atoms with Crippen molar-refractivity contribution in [2.45, 2.75) is 6.42 Å². The van der Waals surface area contributed by atoms with Crippen molar-refractivity contribution in [2.24, 2.45) is 0 Å². The summed E-state index contributed by atoms with van der Waals surface area (Å²) in [7, 11) is 0. The quantitative estimate of drug-likeness (QED) is 0.729. The van der Waals surface area contributed by atoms with Crippen molar-refractivity contribution in [3.63, 3.8) is 0 Å². The molecule has 0 aliphatic carbocycles. The first kappa shape index (κ1) is 10.2. The Morgan fingerprint density at radius 2 is 2.38 bits per heavy atom. The van der Waals surface area contributed by atoms with Crippen LogP contribution in [0.5, 0.6) is 0 Å². The summed E-state index contributed by atoms with van der Waals surface area (Å²) in [5.41, 5.74) is 1.09. The molecule has 13 heavy (non-hydrogen) atoms. The summed E-state index contributed by atoms with van der Waals surface area (Å²) in [5, 5.41) is 3.80. The minimum absolute atomic E-state index is 0.640. The first-order chi connectivity index (χ1) is 6.29. The molecule has 0 aromatic carbocycles. The number of halogens is 1. The van der Waals surface area contributed by atoms with E-state index in [1.807, 2.05) is 18.2 Å². The van der Waals surface area contributed by atoms with Crippen molar-refractivity contribution < 1.29 is 0 Å². The Morgan fingerprint density at radius 1 is 1.54 bits per heavy atom. The van der Waals surface area contributed by atoms with E-state index in [4.69, 9.17) is 11.6 Å². The zero-order valence-corrected chi connectivity index (χ0v) is 8.22. The number of rotatable bonds is 5. The Bertz CT molecular complexity index is 259. The van der Waals surface area contributed by atoms with E-state index in [1.165, 1.54) is 0 Å². The van der Waals surface area contributed by atoms with E-state index in [0.717, 1.165) is 18.7 Å². The van der Waals surface area contributed by atoms with E-state index in [1.54, 1.807) is 6.20 Å². The van der Waals surface area contributed by atoms with Crippen LogP contribution in [0.15, 0.2) is 36.0 Å². The predicted molar refractivity (Wildman–Crippen MR) is 55.8 cm³/mol. The first-order valence-electron chi connectivity index (χ1n) is 4.23. The van der Waals surface area contributed by atoms with Crippen LogP contribution in [-0.2, 0) is 6.42 Å². The lowest BCUT2D eigenvalue weighted by molar-refractivity contribution is 0.730. The molecule has 0 unspecified atom stereocenters. The van der Waals surface area contributed by atoms with Gasteiger partial charge >= 0.3 is 0 Å². The number of nitrogens with one attached hydrogen (secondary N) is 1. The molecule has 0 saturated heterocycles. The van der Waals surface area contributed by atoms with E-state index in [-0.39, 0.29) is 0 Å². The summed E-state index contributed by atoms with van der Waals surface area (Å²) in [6, 6.07) is 5.91. The molecular formula is C10H13ClN2. The van der Waals surface area contributed by atoms with Gasteiger partial charge in [0.1, 0.15) is 0 Å². The Balaban J connectivity index is 2.17. The fourth-order valence-corrected chi connectivity index (χ4v) is 1.08. The van der Waals surface area contributed by atoms with Crippen LogP contribution in [0, 0.1) is 0 Å². The van der Waals surface area contributed by atoms with Crippen molar-refractivity contribution in [3.05, 3.63) is 41.7 Å². The highest BCUT2D eigenvalue weighted by Gasteiger charge is 1.92. The Hall–Kier alpha value is -0.860. The largest absolute Gasteiger partial charge is 0.311 e. The van der Waals surface area contributed by atoms with Gasteiger partial charge in [0, 0.05) is 36.4 Å². The van der Waals surface area contributed by atoms with Gasteiger partial charge in [0.15, 0.2) is 0 Å². The third-order valence-electron chi connectivity index (χ3n) is 1.60. The van der Waals surface area contributed by atoms with E-state index in [2.05, 4.69) is 16.9 Å². The van der Waals surface area contributed by atoms with Crippen LogP contribution in [0.3, 0.4) is 0 Å². The molecule has 0 amide bonds. The highest BCUT2D eigenvalue weighted by molar-refractivity contribution is 6.29. The molecule has 1 aromatic heterocycles. The predicted octanol–water partition coefficient (Wildman–Crippen LogP) is 1.97. The van der Waals surface area contributed by atoms with Gasteiger partial charge in [0.25, 0.3) is 0 Å². The van der Waals surface area contributed by atoms with Gasteiger partial charge in [-0.25, -0.2) is 0 Å². The van der Waals surface area contributed by atoms with Crippen LogP contribution < -0.4 is 5.32 Å². The van der Waals surface area contributed by atoms with Crippen molar-refractivity contribution in [1.29, 1.82) is 0 Å². The molecule has 0 atom stereocenters. The Labute approximate surface area is 83.6 Å². The zero-order chi connectivity index (χ0) is 9.52. The second kappa shape index (κ2) is 5.73. The summed E-state index contributed by atoms with van der Waals surface area (Å²) in [4.78, 5) is 4.20. The van der Waals surface area contributed by atoms with Gasteiger partial charge in [0.2, 0.25) is 0 Å². The lowest BCUT2D eigenvalue weighted by atomic mass is 10.3. The van der Waals surface area contributed by atoms with Gasteiger partial charge < -0.3 is 5.32 Å². The minimum atomic E-state index is 0.640. The zero-order valence-electron chi connectivity index (χ0n) is 7.46. The second-order valence-corrected chi connectivity index (χ2v) is 3.30. The number of pyridine rings is 1. The van der Waals surface area contributed by atoms with Crippen LogP contribution in [0.1, 0.15) is 5.69 Å². The molecule has 2 nitrogen and oxygen atoms in total. The molecule has 1 rings (SSSR count). The van der Waals surface area contributed by atoms with Gasteiger partial charge in [-0.15, -0.1) is 0 Å². The fraction of sp³-hybridized carbons (Fsp3) is 0.300. The highest BCUT2D eigenvalue weighted by atomic mass is 35.5. The summed E-state index contributed by atoms with van der Waals surface area (Å²) in [6.07, 6.45) is 2.72. The maximum absolute atomic E-state index is 5.59. The normalized spacial score (nSPS) is 9.92. The molecule has 0 radical (unpaired) electrons. The second-order valence-electron chi connectivity index (χ2n) is 2.77. The van der Waals surface area contributed by atoms with E-state index in [0.29, 0.717) is 11.6 Å². The first-order valence-corrected chi connectivity index (χ1v) is 4.61. The molecule has 1 heterocycles. The van der Waals surface area contributed by atoms with Crippen molar-refractivity contribution >= 4 is 11.6 Å². The molecule has 0 spiro atoms. The number of aromatic nitrogens is 1. The van der Waals surface area contributed by atoms with Crippen molar-refractivity contribution in [3.8, 4) is 0 Å². The van der Waals surface area contributed by atoms with E-state index >= 15 is 0 Å². The van der Waals surface area contributed by atoms with Crippen molar-refractivity contribution in [1.82, 2.24) is 10.3 Å². The fourth-order valence-electron chi connectivity index (χ4n) is 0.986. The molecule has 70 valence electrons. The lowest BCUT2D eigenvalue weighted by Gasteiger charge is -2.02. The number of hydrogen-bond donors (Lipinski definition) is 1. The summed E-state index contributed by atoms with van der Waals surface area (Å²) in [6.45, 7) is 5.13. The van der Waals surface area contributed by atoms with Gasteiger partial charge in [-0.05, 0) is 12.1 Å². The molecule has 0 saturated carbocycles. The smallest absolute Gasteiger partial charge is 0.0416 e. The third-order valence-corrected chi connectivity index (χ3v) is 1.73. The molecule has 0 bridgehead atoms. The van der Waals surface area contributed by atoms with E-state index in [9.17, 15) is 0 Å². The Kier molecular flexibility index (Phi) is 4.50. The maximum atomic E-state index is 5.59. The van der Waals surface area contributed by atoms with Gasteiger partial charge in [-0.2, -0.15) is 0 Å². The molecular weight excluding hydrogens is 184 g/mol. The molecule has 0 fully saturated rings. The van der Waals surface area contributed by atoms with Gasteiger partial charge in [-0.3, -0.25) is 4.98 Å². The van der Waals surface area contributed by atoms with Crippen molar-refractivity contribution in [2.75, 3.05) is 13.1 Å². The standard InChI is InChI=1S/C10H13ClN2/c1-9(11)8-12-7-5-10-4-2-3-6-13-10/h2-4,6,12H,1,5,7-8H2. The highest BCUT2D eigenvalue weighted by Crippen LogP contribution is 1.95. The van der Waals surface area contributed by atoms with Gasteiger partial charge in [0.05, 0.1) is 0 Å². The summed E-state index contributed by atoms with van der Waals surface area (Å²) < 4.78 is 0. The maximum Gasteiger partial charge on any atom is 0.0416 e. The lowest BCUT2D eigenvalue weighted by Crippen LogP contribution is -2.18. The van der Waals surface area contributed by atoms with E-state index < -0.39 is 0 Å². The van der Waals surface area contributed by atoms with Crippen LogP contribution in [0.4, 0.5) is 0 Å². The molecule has 0 aliphatic rings. The molecule has 1 N–H and O–H groups in total. The monoisotopic (exact) mass is 196 g/mol. The topological polar surface area (TPSA) is 24.9 Å². The SMILES string of the molecule is C=C(Cl)CNCCc1ccccn1. The van der Waals surface area contributed by atoms with Crippen LogP contribution in [0.2, 0.25) is 0 Å². The molecule has 0 aliphatic heterocycles. The van der Waals surface area contributed by atoms with Crippen LogP contribution in [-0.4, -0.2) is 18.1 Å². The van der Waals surface area contributed by atoms with Crippen LogP contribution >= 0.6 is 11.6 Å². The number of nitrogens with zero attached hydrogens (tertiary/aromatic N) is 1. The minimum Gasteiger partial charge on any atom is -0.311 e. The Morgan fingerprint density at radius 3 is 3.00 bits per heavy atom. The van der Waals surface area contributed by atoms with Gasteiger partial charge in [-0.1, -0.05) is 24.2 Å². The number of hydrogen-bond acceptors (Lipinski definition) is 2. The summed E-state index contributed by atoms with van der Waals surface area (Å²) >= 11 is 5.59. The summed E-state index contributed by atoms with van der Waals surface area (Å²) in [5.74, 6) is 0. The average Bonchev–Trinajstić information content (AvgIpc) is 2.14. The van der Waals surface area contributed by atoms with Crippen LogP contribution in [0.25, 0.3) is 0 Å². The molecule has 3 heteroatoms. The average molecular weight is 197 g/mol. The molecule has 1 aromatic rings.